The van der Waals surface area contributed by atoms with Crippen molar-refractivity contribution in [3.05, 3.63) is 29.1 Å². The van der Waals surface area contributed by atoms with Gasteiger partial charge in [-0.25, -0.2) is 4.39 Å². The molecule has 4 heteroatoms. The molecule has 0 bridgehead atoms. The van der Waals surface area contributed by atoms with Crippen LogP contribution in [0.2, 0.25) is 0 Å². The van der Waals surface area contributed by atoms with E-state index in [-0.39, 0.29) is 17.1 Å². The molecule has 0 aromatic heterocycles. The van der Waals surface area contributed by atoms with Crippen LogP contribution in [-0.2, 0) is 6.54 Å². The minimum absolute atomic E-state index is 0.0686. The normalized spacial score (nSPS) is 17.5. The highest BCUT2D eigenvalue weighted by Gasteiger charge is 2.16. The summed E-state index contributed by atoms with van der Waals surface area (Å²) in [6, 6.07) is 2.44. The second-order valence-electron chi connectivity index (χ2n) is 5.56. The minimum atomic E-state index is -0.463. The Bertz CT molecular complexity index is 480. The molecule has 1 aliphatic rings. The predicted molar refractivity (Wildman–Crippen MR) is 76.4 cm³/mol. The largest absolute Gasteiger partial charge is 0.507 e. The molecule has 20 heavy (non-hydrogen) atoms. The number of benzene rings is 1. The van der Waals surface area contributed by atoms with E-state index in [1.165, 1.54) is 32.3 Å². The highest BCUT2D eigenvalue weighted by Crippen LogP contribution is 2.26. The Kier molecular flexibility index (Phi) is 5.12. The van der Waals surface area contributed by atoms with E-state index in [2.05, 4.69) is 4.90 Å². The molecule has 1 N–H and O–H groups in total. The van der Waals surface area contributed by atoms with Gasteiger partial charge in [0, 0.05) is 12.1 Å². The number of nitrogens with zero attached hydrogens (tertiary/aromatic N) is 1. The molecule has 0 unspecified atom stereocenters. The Balaban J connectivity index is 2.17. The van der Waals surface area contributed by atoms with E-state index in [1.54, 1.807) is 0 Å². The van der Waals surface area contributed by atoms with Gasteiger partial charge in [0.05, 0.1) is 5.56 Å². The summed E-state index contributed by atoms with van der Waals surface area (Å²) in [5, 5.41) is 10.1. The summed E-state index contributed by atoms with van der Waals surface area (Å²) in [5.74, 6) is -0.841. The first kappa shape index (κ1) is 15.0. The van der Waals surface area contributed by atoms with Crippen molar-refractivity contribution in [2.45, 2.75) is 45.6 Å². The first-order valence-electron chi connectivity index (χ1n) is 7.32. The molecule has 0 aliphatic carbocycles. The number of phenolic OH excluding ortho intramolecular Hbond substituents is 1. The SMILES string of the molecule is CC(=O)c1cc(F)cc(CN2CCCCCCC2)c1O. The molecule has 0 saturated carbocycles. The Hall–Kier alpha value is -1.42. The number of carbonyl (C=O) groups excluding carboxylic acids is 1. The predicted octanol–water partition coefficient (Wildman–Crippen LogP) is 3.50. The summed E-state index contributed by atoms with van der Waals surface area (Å²) in [4.78, 5) is 13.7. The van der Waals surface area contributed by atoms with Crippen LogP contribution in [0.3, 0.4) is 0 Å². The zero-order valence-electron chi connectivity index (χ0n) is 12.0. The van der Waals surface area contributed by atoms with Crippen LogP contribution in [0.4, 0.5) is 4.39 Å². The number of hydrogen-bond donors (Lipinski definition) is 1. The van der Waals surface area contributed by atoms with Gasteiger partial charge >= 0.3 is 0 Å². The van der Waals surface area contributed by atoms with E-state index in [1.807, 2.05) is 0 Å². The van der Waals surface area contributed by atoms with Crippen LogP contribution in [0.15, 0.2) is 12.1 Å². The van der Waals surface area contributed by atoms with Gasteiger partial charge in [0.15, 0.2) is 5.78 Å². The van der Waals surface area contributed by atoms with Gasteiger partial charge in [-0.3, -0.25) is 9.69 Å². The second kappa shape index (κ2) is 6.84. The fourth-order valence-electron chi connectivity index (χ4n) is 2.76. The third-order valence-electron chi connectivity index (χ3n) is 3.88. The number of likely N-dealkylation sites (tertiary alicyclic amines) is 1. The zero-order valence-corrected chi connectivity index (χ0v) is 12.0. The summed E-state index contributed by atoms with van der Waals surface area (Å²) in [6.45, 7) is 3.77. The number of halogens is 1. The molecule has 0 spiro atoms. The first-order chi connectivity index (χ1) is 9.58. The fourth-order valence-corrected chi connectivity index (χ4v) is 2.76. The van der Waals surface area contributed by atoms with Crippen molar-refractivity contribution in [1.29, 1.82) is 0 Å². The van der Waals surface area contributed by atoms with E-state index in [0.717, 1.165) is 32.0 Å². The van der Waals surface area contributed by atoms with Crippen LogP contribution in [0, 0.1) is 5.82 Å². The lowest BCUT2D eigenvalue weighted by Crippen LogP contribution is -2.27. The van der Waals surface area contributed by atoms with Crippen LogP contribution in [-0.4, -0.2) is 28.9 Å². The second-order valence-corrected chi connectivity index (χ2v) is 5.56. The summed E-state index contributed by atoms with van der Waals surface area (Å²) >= 11 is 0. The molecule has 2 rings (SSSR count). The van der Waals surface area contributed by atoms with Crippen LogP contribution in [0.1, 0.15) is 54.9 Å². The van der Waals surface area contributed by atoms with Crippen molar-refractivity contribution in [2.24, 2.45) is 0 Å². The average Bonchev–Trinajstić information content (AvgIpc) is 2.35. The van der Waals surface area contributed by atoms with Gasteiger partial charge < -0.3 is 5.11 Å². The maximum absolute atomic E-state index is 13.6. The summed E-state index contributed by atoms with van der Waals surface area (Å²) in [7, 11) is 0. The van der Waals surface area contributed by atoms with Crippen molar-refractivity contribution in [1.82, 2.24) is 4.90 Å². The zero-order chi connectivity index (χ0) is 14.5. The van der Waals surface area contributed by atoms with Gasteiger partial charge in [0.1, 0.15) is 11.6 Å². The average molecular weight is 279 g/mol. The lowest BCUT2D eigenvalue weighted by molar-refractivity contribution is 0.101. The van der Waals surface area contributed by atoms with E-state index in [9.17, 15) is 14.3 Å². The molecule has 0 amide bonds. The fraction of sp³-hybridized carbons (Fsp3) is 0.562. The third kappa shape index (κ3) is 3.79. The molecular formula is C16H22FNO2. The molecular weight excluding hydrogens is 257 g/mol. The molecule has 0 radical (unpaired) electrons. The smallest absolute Gasteiger partial charge is 0.163 e. The monoisotopic (exact) mass is 279 g/mol. The number of rotatable bonds is 3. The lowest BCUT2D eigenvalue weighted by atomic mass is 10.0. The van der Waals surface area contributed by atoms with E-state index < -0.39 is 5.82 Å². The number of ketones is 1. The number of carbonyl (C=O) groups is 1. The molecule has 1 aliphatic heterocycles. The van der Waals surface area contributed by atoms with Gasteiger partial charge in [0.25, 0.3) is 0 Å². The molecule has 1 saturated heterocycles. The lowest BCUT2D eigenvalue weighted by Gasteiger charge is -2.25. The van der Waals surface area contributed by atoms with E-state index >= 15 is 0 Å². The summed E-state index contributed by atoms with van der Waals surface area (Å²) in [5.41, 5.74) is 0.586. The van der Waals surface area contributed by atoms with E-state index in [4.69, 9.17) is 0 Å². The molecule has 3 nitrogen and oxygen atoms in total. The van der Waals surface area contributed by atoms with Crippen LogP contribution in [0.25, 0.3) is 0 Å². The van der Waals surface area contributed by atoms with Gasteiger partial charge in [-0.05, 0) is 45.0 Å². The van der Waals surface area contributed by atoms with Crippen molar-refractivity contribution < 1.29 is 14.3 Å². The van der Waals surface area contributed by atoms with E-state index in [0.29, 0.717) is 12.1 Å². The highest BCUT2D eigenvalue weighted by atomic mass is 19.1. The van der Waals surface area contributed by atoms with Crippen molar-refractivity contribution in [3.8, 4) is 5.75 Å². The molecule has 0 atom stereocenters. The van der Waals surface area contributed by atoms with Crippen molar-refractivity contribution in [2.75, 3.05) is 13.1 Å². The van der Waals surface area contributed by atoms with Crippen molar-refractivity contribution >= 4 is 5.78 Å². The Morgan fingerprint density at radius 2 is 1.80 bits per heavy atom. The standard InChI is InChI=1S/C16H22FNO2/c1-12(19)15-10-14(17)9-13(16(15)20)11-18-7-5-3-2-4-6-8-18/h9-10,20H,2-8,11H2,1H3. The quantitative estimate of drug-likeness (QED) is 0.861. The Morgan fingerprint density at radius 3 is 2.40 bits per heavy atom. The van der Waals surface area contributed by atoms with Crippen molar-refractivity contribution in [3.63, 3.8) is 0 Å². The minimum Gasteiger partial charge on any atom is -0.507 e. The van der Waals surface area contributed by atoms with Crippen LogP contribution in [0.5, 0.6) is 5.75 Å². The van der Waals surface area contributed by atoms with Crippen LogP contribution >= 0.6 is 0 Å². The van der Waals surface area contributed by atoms with Gasteiger partial charge in [0.2, 0.25) is 0 Å². The molecule has 110 valence electrons. The number of Topliss-reactive ketones (excluding diaryl/α,β-unsaturated/α-hetero) is 1. The topological polar surface area (TPSA) is 40.5 Å². The Morgan fingerprint density at radius 1 is 1.20 bits per heavy atom. The molecule has 1 heterocycles. The number of hydrogen-bond acceptors (Lipinski definition) is 3. The first-order valence-corrected chi connectivity index (χ1v) is 7.32. The number of phenols is 1. The third-order valence-corrected chi connectivity index (χ3v) is 3.88. The molecule has 1 aromatic carbocycles. The molecule has 1 aromatic rings. The summed E-state index contributed by atoms with van der Waals surface area (Å²) in [6.07, 6.45) is 6.01. The molecule has 1 fully saturated rings. The van der Waals surface area contributed by atoms with Gasteiger partial charge in [-0.2, -0.15) is 0 Å². The maximum atomic E-state index is 13.6. The maximum Gasteiger partial charge on any atom is 0.163 e. The highest BCUT2D eigenvalue weighted by molar-refractivity contribution is 5.97. The van der Waals surface area contributed by atoms with Crippen LogP contribution < -0.4 is 0 Å². The summed E-state index contributed by atoms with van der Waals surface area (Å²) < 4.78 is 13.6. The Labute approximate surface area is 119 Å². The number of aromatic hydroxyl groups is 1. The van der Waals surface area contributed by atoms with Gasteiger partial charge in [-0.15, -0.1) is 0 Å². The van der Waals surface area contributed by atoms with Gasteiger partial charge in [-0.1, -0.05) is 19.3 Å².